The molecule has 21 heavy (non-hydrogen) atoms. The molecule has 1 atom stereocenters. The monoisotopic (exact) mass is 330 g/mol. The zero-order valence-corrected chi connectivity index (χ0v) is 14.6. The van der Waals surface area contributed by atoms with Gasteiger partial charge in [0.15, 0.2) is 0 Å². The number of hydrogen-bond donors (Lipinski definition) is 1. The van der Waals surface area contributed by atoms with Gasteiger partial charge < -0.3 is 5.32 Å². The van der Waals surface area contributed by atoms with E-state index >= 15 is 0 Å². The molecule has 0 aliphatic carbocycles. The third-order valence-corrected chi connectivity index (χ3v) is 7.04. The zero-order chi connectivity index (χ0) is 15.3. The van der Waals surface area contributed by atoms with Gasteiger partial charge in [-0.15, -0.1) is 11.3 Å². The lowest BCUT2D eigenvalue weighted by molar-refractivity contribution is 0.416. The van der Waals surface area contributed by atoms with Crippen LogP contribution in [0.4, 0.5) is 0 Å². The van der Waals surface area contributed by atoms with Crippen molar-refractivity contribution in [2.75, 3.05) is 19.6 Å². The summed E-state index contributed by atoms with van der Waals surface area (Å²) in [6.45, 7) is 7.19. The first-order valence-corrected chi connectivity index (χ1v) is 10.1. The van der Waals surface area contributed by atoms with Gasteiger partial charge >= 0.3 is 0 Å². The molecule has 1 fully saturated rings. The summed E-state index contributed by atoms with van der Waals surface area (Å²) in [5.41, 5.74) is 0. The molecule has 1 saturated heterocycles. The van der Waals surface area contributed by atoms with Crippen molar-refractivity contribution in [2.45, 2.75) is 51.0 Å². The molecule has 2 heterocycles. The Morgan fingerprint density at radius 2 is 2.19 bits per heavy atom. The summed E-state index contributed by atoms with van der Waals surface area (Å²) in [4.78, 5) is 1.44. The standard InChI is InChI=1S/C15H26N2O2S2/c1-3-8-16-12-14-15(7-11-20-14)21(18,19)17-9-4-5-13(2)6-10-17/h7,11,13,16H,3-6,8-10,12H2,1-2H3. The Bertz CT molecular complexity index is 540. The van der Waals surface area contributed by atoms with Crippen molar-refractivity contribution in [2.24, 2.45) is 5.92 Å². The molecule has 120 valence electrons. The molecule has 2 rings (SSSR count). The first kappa shape index (κ1) is 16.9. The highest BCUT2D eigenvalue weighted by Gasteiger charge is 2.29. The summed E-state index contributed by atoms with van der Waals surface area (Å²) < 4.78 is 27.4. The van der Waals surface area contributed by atoms with Crippen LogP contribution in [0.15, 0.2) is 16.3 Å². The molecule has 6 heteroatoms. The van der Waals surface area contributed by atoms with Crippen LogP contribution < -0.4 is 5.32 Å². The molecule has 0 radical (unpaired) electrons. The molecule has 0 aromatic carbocycles. The summed E-state index contributed by atoms with van der Waals surface area (Å²) in [6, 6.07) is 1.76. The van der Waals surface area contributed by atoms with Gasteiger partial charge in [0.2, 0.25) is 10.0 Å². The lowest BCUT2D eigenvalue weighted by Gasteiger charge is -2.20. The van der Waals surface area contributed by atoms with Crippen molar-refractivity contribution in [3.63, 3.8) is 0 Å². The van der Waals surface area contributed by atoms with E-state index in [2.05, 4.69) is 19.2 Å². The summed E-state index contributed by atoms with van der Waals surface area (Å²) in [7, 11) is -3.33. The van der Waals surface area contributed by atoms with E-state index in [0.717, 1.165) is 37.1 Å². The molecule has 0 bridgehead atoms. The van der Waals surface area contributed by atoms with Gasteiger partial charge in [-0.1, -0.05) is 13.8 Å². The number of nitrogens with zero attached hydrogens (tertiary/aromatic N) is 1. The van der Waals surface area contributed by atoms with Crippen LogP contribution >= 0.6 is 11.3 Å². The van der Waals surface area contributed by atoms with Crippen molar-refractivity contribution in [1.29, 1.82) is 0 Å². The number of thiophene rings is 1. The molecule has 1 unspecified atom stereocenters. The lowest BCUT2D eigenvalue weighted by atomic mass is 10.0. The van der Waals surface area contributed by atoms with Crippen molar-refractivity contribution >= 4 is 21.4 Å². The fourth-order valence-corrected chi connectivity index (χ4v) is 5.56. The Kier molecular flexibility index (Phi) is 6.22. The molecule has 0 amide bonds. The molecule has 1 aromatic rings. The van der Waals surface area contributed by atoms with Crippen LogP contribution in [0.3, 0.4) is 0 Å². The normalized spacial score (nSPS) is 21.3. The van der Waals surface area contributed by atoms with Gasteiger partial charge in [-0.25, -0.2) is 8.42 Å². The van der Waals surface area contributed by atoms with Gasteiger partial charge in [0.05, 0.1) is 4.90 Å². The van der Waals surface area contributed by atoms with E-state index in [1.54, 1.807) is 10.4 Å². The van der Waals surface area contributed by atoms with Crippen molar-refractivity contribution < 1.29 is 8.42 Å². The predicted molar refractivity (Wildman–Crippen MR) is 88.1 cm³/mol. The van der Waals surface area contributed by atoms with Gasteiger partial charge in [0.25, 0.3) is 0 Å². The quantitative estimate of drug-likeness (QED) is 0.816. The van der Waals surface area contributed by atoms with E-state index in [1.165, 1.54) is 11.3 Å². The second kappa shape index (κ2) is 7.72. The fraction of sp³-hybridized carbons (Fsp3) is 0.733. The summed E-state index contributed by atoms with van der Waals surface area (Å²) >= 11 is 1.53. The number of hydrogen-bond acceptors (Lipinski definition) is 4. The Hall–Kier alpha value is -0.430. The van der Waals surface area contributed by atoms with Crippen LogP contribution in [0.1, 0.15) is 44.4 Å². The summed E-state index contributed by atoms with van der Waals surface area (Å²) in [6.07, 6.45) is 4.11. The minimum absolute atomic E-state index is 0.505. The van der Waals surface area contributed by atoms with Gasteiger partial charge in [-0.3, -0.25) is 0 Å². The van der Waals surface area contributed by atoms with Gasteiger partial charge in [-0.05, 0) is 49.6 Å². The predicted octanol–water partition coefficient (Wildman–Crippen LogP) is 3.06. The Morgan fingerprint density at radius 1 is 1.38 bits per heavy atom. The molecule has 0 saturated carbocycles. The molecule has 4 nitrogen and oxygen atoms in total. The minimum atomic E-state index is -3.33. The first-order chi connectivity index (χ1) is 10.1. The highest BCUT2D eigenvalue weighted by Crippen LogP contribution is 2.28. The van der Waals surface area contributed by atoms with Crippen molar-refractivity contribution in [1.82, 2.24) is 9.62 Å². The lowest BCUT2D eigenvalue weighted by Crippen LogP contribution is -2.32. The highest BCUT2D eigenvalue weighted by molar-refractivity contribution is 7.89. The highest BCUT2D eigenvalue weighted by atomic mass is 32.2. The van der Waals surface area contributed by atoms with Crippen molar-refractivity contribution in [3.05, 3.63) is 16.3 Å². The smallest absolute Gasteiger partial charge is 0.244 e. The number of sulfonamides is 1. The molecule has 1 aromatic heterocycles. The van der Waals surface area contributed by atoms with Gasteiger partial charge in [-0.2, -0.15) is 4.31 Å². The third kappa shape index (κ3) is 4.28. The van der Waals surface area contributed by atoms with Crippen LogP contribution in [-0.2, 0) is 16.6 Å². The Balaban J connectivity index is 2.13. The molecule has 0 spiro atoms. The molecular formula is C15H26N2O2S2. The van der Waals surface area contributed by atoms with Crippen molar-refractivity contribution in [3.8, 4) is 0 Å². The zero-order valence-electron chi connectivity index (χ0n) is 13.0. The Morgan fingerprint density at radius 3 is 2.95 bits per heavy atom. The number of rotatable bonds is 6. The summed E-state index contributed by atoms with van der Waals surface area (Å²) in [5.74, 6) is 0.623. The van der Waals surface area contributed by atoms with Gasteiger partial charge in [0, 0.05) is 24.5 Å². The largest absolute Gasteiger partial charge is 0.312 e. The molecule has 1 aliphatic rings. The van der Waals surface area contributed by atoms with E-state index in [9.17, 15) is 8.42 Å². The molecule has 1 aliphatic heterocycles. The number of nitrogens with one attached hydrogen (secondary N) is 1. The molecular weight excluding hydrogens is 304 g/mol. The van der Waals surface area contributed by atoms with Crippen LogP contribution in [0.5, 0.6) is 0 Å². The van der Waals surface area contributed by atoms with E-state index < -0.39 is 10.0 Å². The topological polar surface area (TPSA) is 49.4 Å². The van der Waals surface area contributed by atoms with Crippen LogP contribution in [0.25, 0.3) is 0 Å². The van der Waals surface area contributed by atoms with E-state index in [4.69, 9.17) is 0 Å². The fourth-order valence-electron chi connectivity index (χ4n) is 2.68. The first-order valence-electron chi connectivity index (χ1n) is 7.83. The van der Waals surface area contributed by atoms with Crippen LogP contribution in [-0.4, -0.2) is 32.4 Å². The van der Waals surface area contributed by atoms with E-state index in [1.807, 2.05) is 5.38 Å². The second-order valence-corrected chi connectivity index (χ2v) is 8.73. The molecule has 1 N–H and O–H groups in total. The maximum atomic E-state index is 12.9. The summed E-state index contributed by atoms with van der Waals surface area (Å²) in [5, 5.41) is 5.18. The average molecular weight is 331 g/mol. The third-order valence-electron chi connectivity index (χ3n) is 4.01. The minimum Gasteiger partial charge on any atom is -0.312 e. The SMILES string of the molecule is CCCNCc1sccc1S(=O)(=O)N1CCCC(C)CC1. The maximum absolute atomic E-state index is 12.9. The second-order valence-electron chi connectivity index (χ2n) is 5.82. The van der Waals surface area contributed by atoms with Gasteiger partial charge in [0.1, 0.15) is 0 Å². The van der Waals surface area contributed by atoms with Crippen LogP contribution in [0.2, 0.25) is 0 Å². The van der Waals surface area contributed by atoms with E-state index in [-0.39, 0.29) is 0 Å². The Labute approximate surface area is 132 Å². The average Bonchev–Trinajstić information content (AvgIpc) is 2.81. The van der Waals surface area contributed by atoms with E-state index in [0.29, 0.717) is 30.4 Å². The van der Waals surface area contributed by atoms with Crippen LogP contribution in [0, 0.1) is 5.92 Å². The maximum Gasteiger partial charge on any atom is 0.244 e.